The van der Waals surface area contributed by atoms with Crippen LogP contribution in [0.1, 0.15) is 99.7 Å². The predicted molar refractivity (Wildman–Crippen MR) is 178 cm³/mol. The number of urea groups is 1. The number of aliphatic hydroxyl groups is 1. The third-order valence-corrected chi connectivity index (χ3v) is 12.1. The number of likely N-dealkylation sites (tertiary alicyclic amines) is 2. The van der Waals surface area contributed by atoms with Crippen LogP contribution in [-0.2, 0) is 16.1 Å². The molecule has 0 unspecified atom stereocenters. The largest absolute Gasteiger partial charge is 0.392 e. The predicted octanol–water partition coefficient (Wildman–Crippen LogP) is 6.37. The lowest BCUT2D eigenvalue weighted by atomic mass is 9.53. The van der Waals surface area contributed by atoms with Crippen LogP contribution >= 0.6 is 0 Å². The van der Waals surface area contributed by atoms with Crippen LogP contribution in [0.2, 0.25) is 0 Å². The Morgan fingerprint density at radius 2 is 1.59 bits per heavy atom. The van der Waals surface area contributed by atoms with Gasteiger partial charge in [0.2, 0.25) is 0 Å². The number of anilines is 1. The smallest absolute Gasteiger partial charge is 0.319 e. The van der Waals surface area contributed by atoms with Crippen molar-refractivity contribution in [3.8, 4) is 0 Å². The topological polar surface area (TPSA) is 86.3 Å². The lowest BCUT2D eigenvalue weighted by Crippen LogP contribution is -2.60. The molecule has 8 nitrogen and oxygen atoms in total. The van der Waals surface area contributed by atoms with Gasteiger partial charge in [-0.05, 0) is 125 Å². The molecule has 2 aromatic carbocycles. The monoisotopic (exact) mass is 628 g/mol. The van der Waals surface area contributed by atoms with Crippen molar-refractivity contribution in [3.63, 3.8) is 0 Å². The highest BCUT2D eigenvalue weighted by Crippen LogP contribution is 2.55. The van der Waals surface area contributed by atoms with Crippen molar-refractivity contribution in [3.05, 3.63) is 65.2 Å². The fourth-order valence-corrected chi connectivity index (χ4v) is 10.3. The molecule has 4 bridgehead atoms. The number of aliphatic hydroxyl groups excluding tert-OH is 1. The zero-order valence-electron chi connectivity index (χ0n) is 27.2. The van der Waals surface area contributed by atoms with Gasteiger partial charge in [0.25, 0.3) is 0 Å². The van der Waals surface area contributed by atoms with Gasteiger partial charge in [-0.3, -0.25) is 4.90 Å². The molecule has 0 radical (unpaired) electrons. The second-order valence-electron chi connectivity index (χ2n) is 15.6. The van der Waals surface area contributed by atoms with E-state index in [1.807, 2.05) is 36.4 Å². The summed E-state index contributed by atoms with van der Waals surface area (Å²) in [5, 5.41) is 16.2. The number of hydrogen-bond acceptors (Lipinski definition) is 6. The molecule has 9 rings (SSSR count). The van der Waals surface area contributed by atoms with Crippen LogP contribution in [0.25, 0.3) is 0 Å². The maximum absolute atomic E-state index is 13.4. The fourth-order valence-electron chi connectivity index (χ4n) is 10.3. The number of amides is 2. The van der Waals surface area contributed by atoms with Crippen molar-refractivity contribution in [1.82, 2.24) is 15.1 Å². The molecular weight excluding hydrogens is 576 g/mol. The van der Waals surface area contributed by atoms with E-state index in [0.717, 1.165) is 85.4 Å². The number of carbonyl (C=O) groups excluding carboxylic acids is 1. The number of ether oxygens (including phenoxy) is 2. The number of nitrogens with zero attached hydrogens (tertiary/aromatic N) is 2. The van der Waals surface area contributed by atoms with Gasteiger partial charge < -0.3 is 30.1 Å². The summed E-state index contributed by atoms with van der Waals surface area (Å²) in [5.74, 6) is 2.35. The van der Waals surface area contributed by atoms with E-state index in [-0.39, 0.29) is 30.4 Å². The van der Waals surface area contributed by atoms with Gasteiger partial charge in [-0.1, -0.05) is 36.4 Å². The zero-order chi connectivity index (χ0) is 31.1. The molecule has 7 aliphatic rings. The standard InChI is InChI=1S/C38H52N4O4/c43-25-26-8-10-30(11-9-26)35-19-34(24-42-14-4-7-33(42)23-41-12-1-2-13-41)45-36(46-35)31-5-3-6-32(18-31)39-37(44)40-38-20-27-15-28(21-38)17-29(16-27)22-38/h3,5-6,8-11,18,27-29,33-36,43H,1-2,4,7,12-17,19-25H2,(H2,39,40,44)/t27?,28?,29?,33-,34-,35+,36+,38?/m0/s1. The summed E-state index contributed by atoms with van der Waals surface area (Å²) in [6, 6.07) is 16.6. The number of nitrogens with one attached hydrogen (secondary N) is 2. The van der Waals surface area contributed by atoms with Crippen LogP contribution in [0.3, 0.4) is 0 Å². The fraction of sp³-hybridized carbons (Fsp3) is 0.658. The number of carbonyl (C=O) groups is 1. The maximum atomic E-state index is 13.4. The van der Waals surface area contributed by atoms with Gasteiger partial charge in [0.15, 0.2) is 6.29 Å². The number of hydrogen-bond donors (Lipinski definition) is 3. The van der Waals surface area contributed by atoms with E-state index in [2.05, 4.69) is 32.6 Å². The van der Waals surface area contributed by atoms with Gasteiger partial charge >= 0.3 is 6.03 Å². The van der Waals surface area contributed by atoms with E-state index in [9.17, 15) is 9.90 Å². The van der Waals surface area contributed by atoms with Gasteiger partial charge in [-0.15, -0.1) is 0 Å². The van der Waals surface area contributed by atoms with E-state index < -0.39 is 6.29 Å². The normalized spacial score (nSPS) is 35.9. The highest BCUT2D eigenvalue weighted by Gasteiger charge is 2.51. The molecule has 0 aromatic heterocycles. The Kier molecular flexibility index (Phi) is 8.84. The summed E-state index contributed by atoms with van der Waals surface area (Å²) in [6.45, 7) is 5.68. The van der Waals surface area contributed by atoms with Crippen molar-refractivity contribution >= 4 is 11.7 Å². The van der Waals surface area contributed by atoms with Gasteiger partial charge in [-0.25, -0.2) is 4.79 Å². The maximum Gasteiger partial charge on any atom is 0.319 e. The number of rotatable bonds is 9. The van der Waals surface area contributed by atoms with Crippen LogP contribution < -0.4 is 10.6 Å². The summed E-state index contributed by atoms with van der Waals surface area (Å²) in [7, 11) is 0. The van der Waals surface area contributed by atoms with Crippen molar-refractivity contribution in [1.29, 1.82) is 0 Å². The number of benzene rings is 2. The summed E-state index contributed by atoms with van der Waals surface area (Å²) >= 11 is 0. The van der Waals surface area contributed by atoms with Crippen LogP contribution in [0.15, 0.2) is 48.5 Å². The van der Waals surface area contributed by atoms with Crippen LogP contribution in [0, 0.1) is 17.8 Å². The summed E-state index contributed by atoms with van der Waals surface area (Å²) < 4.78 is 13.4. The van der Waals surface area contributed by atoms with E-state index in [0.29, 0.717) is 6.04 Å². The molecule has 3 heterocycles. The van der Waals surface area contributed by atoms with Crippen molar-refractivity contribution in [2.75, 3.05) is 38.0 Å². The lowest BCUT2D eigenvalue weighted by Gasteiger charge is -2.56. The molecule has 3 N–H and O–H groups in total. The first kappa shape index (κ1) is 30.8. The first-order chi connectivity index (χ1) is 22.5. The highest BCUT2D eigenvalue weighted by molar-refractivity contribution is 5.90. The van der Waals surface area contributed by atoms with E-state index >= 15 is 0 Å². The van der Waals surface area contributed by atoms with E-state index in [1.54, 1.807) is 0 Å². The highest BCUT2D eigenvalue weighted by atomic mass is 16.7. The molecule has 4 atom stereocenters. The summed E-state index contributed by atoms with van der Waals surface area (Å²) in [4.78, 5) is 18.7. The molecule has 4 aliphatic carbocycles. The van der Waals surface area contributed by atoms with Gasteiger partial charge in [-0.2, -0.15) is 0 Å². The average Bonchev–Trinajstić information content (AvgIpc) is 3.72. The average molecular weight is 629 g/mol. The van der Waals surface area contributed by atoms with Crippen molar-refractivity contribution < 1.29 is 19.4 Å². The second kappa shape index (κ2) is 13.2. The molecular formula is C38H52N4O4. The minimum absolute atomic E-state index is 0.0245. The van der Waals surface area contributed by atoms with E-state index in [1.165, 1.54) is 58.0 Å². The molecule has 2 aromatic rings. The molecule has 0 spiro atoms. The Hall–Kier alpha value is -2.49. The van der Waals surface area contributed by atoms with Crippen LogP contribution in [-0.4, -0.2) is 71.3 Å². The second-order valence-corrected chi connectivity index (χ2v) is 15.6. The molecule has 2 amide bonds. The minimum atomic E-state index is -0.533. The summed E-state index contributed by atoms with van der Waals surface area (Å²) in [6.07, 6.45) is 12.8. The molecule has 46 heavy (non-hydrogen) atoms. The van der Waals surface area contributed by atoms with Crippen molar-refractivity contribution in [2.24, 2.45) is 17.8 Å². The molecule has 3 saturated heterocycles. The Balaban J connectivity index is 0.967. The van der Waals surface area contributed by atoms with Gasteiger partial charge in [0.05, 0.1) is 18.8 Å². The molecule has 8 heteroatoms. The first-order valence-corrected chi connectivity index (χ1v) is 18.2. The third-order valence-electron chi connectivity index (χ3n) is 12.1. The zero-order valence-corrected chi connectivity index (χ0v) is 27.2. The SMILES string of the molecule is O=C(Nc1cccc([C@@H]2O[C@H](CN3CCC[C@H]3CN3CCCC3)C[C@H](c3ccc(CO)cc3)O2)c1)NC12CC3CC(CC(C3)C1)C2. The molecule has 4 saturated carbocycles. The Morgan fingerprint density at radius 1 is 0.848 bits per heavy atom. The molecule has 3 aliphatic heterocycles. The third kappa shape index (κ3) is 6.74. The molecule has 248 valence electrons. The Morgan fingerprint density at radius 3 is 2.30 bits per heavy atom. The van der Waals surface area contributed by atoms with Gasteiger partial charge in [0, 0.05) is 42.3 Å². The summed E-state index contributed by atoms with van der Waals surface area (Å²) in [5.41, 5.74) is 3.67. The quantitative estimate of drug-likeness (QED) is 0.299. The van der Waals surface area contributed by atoms with Crippen molar-refractivity contribution in [2.45, 2.75) is 107 Å². The molecule has 7 fully saturated rings. The van der Waals surface area contributed by atoms with E-state index in [4.69, 9.17) is 9.47 Å². The first-order valence-electron chi connectivity index (χ1n) is 18.2. The Labute approximate surface area is 274 Å². The van der Waals surface area contributed by atoms with Gasteiger partial charge in [0.1, 0.15) is 0 Å². The lowest BCUT2D eigenvalue weighted by molar-refractivity contribution is -0.253. The van der Waals surface area contributed by atoms with Crippen LogP contribution in [0.5, 0.6) is 0 Å². The van der Waals surface area contributed by atoms with Crippen LogP contribution in [0.4, 0.5) is 10.5 Å². The Bertz CT molecular complexity index is 1330. The minimum Gasteiger partial charge on any atom is -0.392 e.